The van der Waals surface area contributed by atoms with Crippen LogP contribution < -0.4 is 10.2 Å². The van der Waals surface area contributed by atoms with E-state index >= 15 is 0 Å². The molecule has 32 heavy (non-hydrogen) atoms. The molecule has 0 unspecified atom stereocenters. The van der Waals surface area contributed by atoms with E-state index < -0.39 is 6.03 Å². The number of nitrogens with zero attached hydrogens (tertiary/aromatic N) is 5. The Morgan fingerprint density at radius 1 is 0.969 bits per heavy atom. The minimum Gasteiger partial charge on any atom is -0.354 e. The Kier molecular flexibility index (Phi) is 5.44. The minimum absolute atomic E-state index is 0.188. The number of halogens is 1. The highest BCUT2D eigenvalue weighted by atomic mass is 35.5. The maximum atomic E-state index is 12.8. The highest BCUT2D eigenvalue weighted by molar-refractivity contribution is 6.30. The number of carbonyl (C=O) groups excluding carboxylic acids is 3. The molecule has 10 heteroatoms. The van der Waals surface area contributed by atoms with E-state index in [0.29, 0.717) is 17.1 Å². The molecule has 2 fully saturated rings. The number of nitrogens with one attached hydrogen (secondary N) is 1. The van der Waals surface area contributed by atoms with Crippen LogP contribution in [0.3, 0.4) is 0 Å². The van der Waals surface area contributed by atoms with Crippen LogP contribution in [0.1, 0.15) is 27.9 Å². The zero-order chi connectivity index (χ0) is 22.2. The van der Waals surface area contributed by atoms with E-state index in [-0.39, 0.29) is 24.8 Å². The predicted molar refractivity (Wildman–Crippen MR) is 118 cm³/mol. The van der Waals surface area contributed by atoms with Gasteiger partial charge in [-0.15, -0.1) is 0 Å². The molecule has 0 saturated carbocycles. The summed E-state index contributed by atoms with van der Waals surface area (Å²) >= 11 is 6.09. The molecule has 9 nitrogen and oxygen atoms in total. The van der Waals surface area contributed by atoms with Crippen LogP contribution in [0.2, 0.25) is 5.02 Å². The van der Waals surface area contributed by atoms with Crippen molar-refractivity contribution in [1.82, 2.24) is 25.2 Å². The Bertz CT molecular complexity index is 1090. The number of fused-ring (bicyclic) bond motifs is 1. The van der Waals surface area contributed by atoms with Crippen molar-refractivity contribution in [2.24, 2.45) is 0 Å². The average Bonchev–Trinajstić information content (AvgIpc) is 3.10. The van der Waals surface area contributed by atoms with Gasteiger partial charge in [0.15, 0.2) is 0 Å². The fourth-order valence-electron chi connectivity index (χ4n) is 4.40. The number of urea groups is 1. The Morgan fingerprint density at radius 3 is 2.53 bits per heavy atom. The number of imide groups is 1. The van der Waals surface area contributed by atoms with Crippen molar-refractivity contribution in [1.29, 1.82) is 0 Å². The van der Waals surface area contributed by atoms with Gasteiger partial charge in [-0.1, -0.05) is 23.7 Å². The third-order valence-corrected chi connectivity index (χ3v) is 6.32. The molecule has 4 amide bonds. The van der Waals surface area contributed by atoms with Crippen LogP contribution in [0.5, 0.6) is 0 Å². The van der Waals surface area contributed by atoms with Crippen molar-refractivity contribution in [3.8, 4) is 0 Å². The minimum atomic E-state index is -0.547. The number of hydrogen-bond acceptors (Lipinski definition) is 6. The summed E-state index contributed by atoms with van der Waals surface area (Å²) in [5, 5.41) is 5.71. The quantitative estimate of drug-likeness (QED) is 0.758. The third kappa shape index (κ3) is 4.01. The molecule has 166 valence electrons. The van der Waals surface area contributed by atoms with Crippen molar-refractivity contribution in [3.05, 3.63) is 58.2 Å². The first-order valence-electron chi connectivity index (χ1n) is 10.6. The first kappa shape index (κ1) is 20.7. The topological polar surface area (TPSA) is 89.1 Å². The lowest BCUT2D eigenvalue weighted by atomic mass is 10.1. The van der Waals surface area contributed by atoms with Crippen LogP contribution in [-0.2, 0) is 17.9 Å². The summed E-state index contributed by atoms with van der Waals surface area (Å²) in [4.78, 5) is 45.4. The Morgan fingerprint density at radius 2 is 1.78 bits per heavy atom. The SMILES string of the molecule is O=C1CCN(N2Cc3cc(CN4CCN(c5cc(Cl)ccn5)CC4)ccc3C2=O)C(=O)N1. The van der Waals surface area contributed by atoms with Gasteiger partial charge in [0.1, 0.15) is 5.82 Å². The number of aromatic nitrogens is 1. The van der Waals surface area contributed by atoms with E-state index in [1.165, 1.54) is 10.0 Å². The van der Waals surface area contributed by atoms with Crippen molar-refractivity contribution >= 4 is 35.3 Å². The predicted octanol–water partition coefficient (Wildman–Crippen LogP) is 1.87. The number of anilines is 1. The molecule has 0 atom stereocenters. The first-order valence-corrected chi connectivity index (χ1v) is 11.0. The Labute approximate surface area is 190 Å². The summed E-state index contributed by atoms with van der Waals surface area (Å²) in [6.45, 7) is 4.87. The standard InChI is InChI=1S/C22H23ClN6O3/c23-17-3-5-24-19(12-17)27-9-7-26(8-10-27)13-15-1-2-18-16(11-15)14-29(21(18)31)28-6-4-20(30)25-22(28)32/h1-3,5,11-12H,4,6-10,13-14H2,(H,25,30,32). The molecule has 0 radical (unpaired) electrons. The van der Waals surface area contributed by atoms with E-state index in [0.717, 1.165) is 49.7 Å². The molecule has 1 N–H and O–H groups in total. The molecule has 0 spiro atoms. The largest absolute Gasteiger partial charge is 0.354 e. The fourth-order valence-corrected chi connectivity index (χ4v) is 4.55. The lowest BCUT2D eigenvalue weighted by molar-refractivity contribution is -0.123. The molecule has 3 aliphatic rings. The first-order chi connectivity index (χ1) is 15.5. The van der Waals surface area contributed by atoms with Gasteiger partial charge in [-0.3, -0.25) is 19.8 Å². The third-order valence-electron chi connectivity index (χ3n) is 6.09. The van der Waals surface area contributed by atoms with Gasteiger partial charge in [-0.2, -0.15) is 0 Å². The lowest BCUT2D eigenvalue weighted by Gasteiger charge is -2.35. The highest BCUT2D eigenvalue weighted by Gasteiger charge is 2.36. The number of benzene rings is 1. The summed E-state index contributed by atoms with van der Waals surface area (Å²) in [6, 6.07) is 8.98. The smallest absolute Gasteiger partial charge is 0.342 e. The van der Waals surface area contributed by atoms with Gasteiger partial charge in [0.25, 0.3) is 5.91 Å². The highest BCUT2D eigenvalue weighted by Crippen LogP contribution is 2.27. The van der Waals surface area contributed by atoms with E-state index in [9.17, 15) is 14.4 Å². The molecule has 5 rings (SSSR count). The van der Waals surface area contributed by atoms with Crippen molar-refractivity contribution in [3.63, 3.8) is 0 Å². The molecule has 1 aromatic carbocycles. The molecule has 2 saturated heterocycles. The van der Waals surface area contributed by atoms with E-state index in [1.807, 2.05) is 24.3 Å². The summed E-state index contributed by atoms with van der Waals surface area (Å²) < 4.78 is 0. The Hall–Kier alpha value is -3.17. The zero-order valence-electron chi connectivity index (χ0n) is 17.5. The molecule has 1 aromatic heterocycles. The maximum absolute atomic E-state index is 12.8. The van der Waals surface area contributed by atoms with Gasteiger partial charge in [-0.25, -0.2) is 19.8 Å². The molecule has 3 aliphatic heterocycles. The van der Waals surface area contributed by atoms with Crippen LogP contribution in [0, 0.1) is 0 Å². The van der Waals surface area contributed by atoms with Gasteiger partial charge in [0.2, 0.25) is 5.91 Å². The second-order valence-corrected chi connectivity index (χ2v) is 8.61. The number of amides is 4. The van der Waals surface area contributed by atoms with Gasteiger partial charge in [0.05, 0.1) is 13.1 Å². The number of rotatable bonds is 4. The second-order valence-electron chi connectivity index (χ2n) is 8.18. The number of hydrogen-bond donors (Lipinski definition) is 1. The van der Waals surface area contributed by atoms with Crippen LogP contribution in [-0.4, -0.2) is 70.5 Å². The van der Waals surface area contributed by atoms with Gasteiger partial charge < -0.3 is 4.90 Å². The number of hydrazine groups is 1. The maximum Gasteiger partial charge on any atom is 0.342 e. The van der Waals surface area contributed by atoms with Crippen LogP contribution in [0.25, 0.3) is 0 Å². The molecular formula is C22H23ClN6O3. The monoisotopic (exact) mass is 454 g/mol. The zero-order valence-corrected chi connectivity index (χ0v) is 18.2. The van der Waals surface area contributed by atoms with Gasteiger partial charge >= 0.3 is 6.03 Å². The molecular weight excluding hydrogens is 432 g/mol. The fraction of sp³-hybridized carbons (Fsp3) is 0.364. The lowest BCUT2D eigenvalue weighted by Crippen LogP contribution is -2.56. The molecule has 4 heterocycles. The molecule has 0 bridgehead atoms. The van der Waals surface area contributed by atoms with Crippen molar-refractivity contribution < 1.29 is 14.4 Å². The van der Waals surface area contributed by atoms with E-state index in [2.05, 4.69) is 20.1 Å². The van der Waals surface area contributed by atoms with Crippen LogP contribution >= 0.6 is 11.6 Å². The Balaban J connectivity index is 1.21. The van der Waals surface area contributed by atoms with Crippen molar-refractivity contribution in [2.45, 2.75) is 19.5 Å². The van der Waals surface area contributed by atoms with Crippen LogP contribution in [0.4, 0.5) is 10.6 Å². The van der Waals surface area contributed by atoms with E-state index in [1.54, 1.807) is 12.3 Å². The summed E-state index contributed by atoms with van der Waals surface area (Å²) in [5.41, 5.74) is 2.64. The second kappa shape index (κ2) is 8.40. The molecule has 0 aliphatic carbocycles. The summed E-state index contributed by atoms with van der Waals surface area (Å²) in [5.74, 6) is 0.374. The van der Waals surface area contributed by atoms with Crippen LogP contribution in [0.15, 0.2) is 36.5 Å². The summed E-state index contributed by atoms with van der Waals surface area (Å²) in [6.07, 6.45) is 1.92. The molecule has 2 aromatic rings. The average molecular weight is 455 g/mol. The van der Waals surface area contributed by atoms with Gasteiger partial charge in [0, 0.05) is 55.9 Å². The van der Waals surface area contributed by atoms with Crippen molar-refractivity contribution in [2.75, 3.05) is 37.6 Å². The number of pyridine rings is 1. The number of carbonyl (C=O) groups is 3. The van der Waals surface area contributed by atoms with Gasteiger partial charge in [-0.05, 0) is 29.3 Å². The van der Waals surface area contributed by atoms with E-state index in [4.69, 9.17) is 11.6 Å². The summed E-state index contributed by atoms with van der Waals surface area (Å²) in [7, 11) is 0. The normalized spacial score (nSPS) is 19.4. The number of piperazine rings is 1.